The monoisotopic (exact) mass is 443 g/mol. The number of hydrogen-bond donors (Lipinski definition) is 2. The van der Waals surface area contributed by atoms with E-state index in [1.807, 2.05) is 6.92 Å². The molecule has 0 spiro atoms. The molecule has 3 heterocycles. The normalized spacial score (nSPS) is 21.0. The molecule has 0 bridgehead atoms. The van der Waals surface area contributed by atoms with Gasteiger partial charge in [0.25, 0.3) is 11.5 Å². The van der Waals surface area contributed by atoms with Crippen molar-refractivity contribution >= 4 is 41.8 Å². The second-order valence-corrected chi connectivity index (χ2v) is 8.06. The Labute approximate surface area is 180 Å². The third kappa shape index (κ3) is 4.06. The number of aromatic nitrogens is 3. The quantitative estimate of drug-likeness (QED) is 0.744. The van der Waals surface area contributed by atoms with E-state index in [1.54, 1.807) is 11.0 Å². The first-order chi connectivity index (χ1) is 12.9. The first-order valence-corrected chi connectivity index (χ1v) is 9.54. The number of aromatic amines is 1. The number of hydrogen-bond acceptors (Lipinski definition) is 5. The summed E-state index contributed by atoms with van der Waals surface area (Å²) in [6.45, 7) is 5.95. The maximum Gasteiger partial charge on any atom is 0.329 e. The lowest BCUT2D eigenvalue weighted by molar-refractivity contribution is 0.0778. The smallest absolute Gasteiger partial charge is 0.329 e. The van der Waals surface area contributed by atoms with Crippen LogP contribution in [0.4, 0.5) is 0 Å². The topological polar surface area (TPSA) is 114 Å². The van der Waals surface area contributed by atoms with Crippen LogP contribution in [-0.4, -0.2) is 45.0 Å². The SMILES string of the molecule is CCn1c(=O)[nH]c(=O)c2c(C(=O)N3CCC(C)(CN)C3)cc(C3CC3)nc21.Cl.Cl. The largest absolute Gasteiger partial charge is 0.338 e. The predicted molar refractivity (Wildman–Crippen MR) is 116 cm³/mol. The van der Waals surface area contributed by atoms with Crippen molar-refractivity contribution in [3.8, 4) is 0 Å². The Morgan fingerprint density at radius 3 is 2.59 bits per heavy atom. The average molecular weight is 444 g/mol. The van der Waals surface area contributed by atoms with Crippen molar-refractivity contribution in [3.63, 3.8) is 0 Å². The van der Waals surface area contributed by atoms with E-state index in [9.17, 15) is 14.4 Å². The van der Waals surface area contributed by atoms with Gasteiger partial charge < -0.3 is 10.6 Å². The Bertz CT molecular complexity index is 1050. The highest BCUT2D eigenvalue weighted by molar-refractivity contribution is 6.05. The van der Waals surface area contributed by atoms with Gasteiger partial charge in [-0.1, -0.05) is 6.92 Å². The zero-order chi connectivity index (χ0) is 19.3. The number of nitrogens with one attached hydrogen (secondary N) is 1. The number of amides is 1. The number of likely N-dealkylation sites (tertiary alicyclic amines) is 1. The highest BCUT2D eigenvalue weighted by Gasteiger charge is 2.37. The molecule has 2 aromatic heterocycles. The molecule has 0 aromatic carbocycles. The summed E-state index contributed by atoms with van der Waals surface area (Å²) >= 11 is 0. The second-order valence-electron chi connectivity index (χ2n) is 8.06. The molecule has 4 rings (SSSR count). The van der Waals surface area contributed by atoms with Gasteiger partial charge in [0.05, 0.1) is 10.9 Å². The molecule has 2 aliphatic rings. The highest BCUT2D eigenvalue weighted by atomic mass is 35.5. The van der Waals surface area contributed by atoms with Gasteiger partial charge in [-0.15, -0.1) is 24.8 Å². The molecule has 1 saturated heterocycles. The van der Waals surface area contributed by atoms with Crippen LogP contribution in [0.15, 0.2) is 15.7 Å². The number of carbonyl (C=O) groups excluding carboxylic acids is 1. The van der Waals surface area contributed by atoms with E-state index in [4.69, 9.17) is 5.73 Å². The summed E-state index contributed by atoms with van der Waals surface area (Å²) in [5.41, 5.74) is 6.15. The molecule has 1 amide bonds. The molecule has 29 heavy (non-hydrogen) atoms. The zero-order valence-electron chi connectivity index (χ0n) is 16.6. The van der Waals surface area contributed by atoms with Gasteiger partial charge in [-0.05, 0) is 44.2 Å². The minimum absolute atomic E-state index is 0. The Kier molecular flexibility index (Phi) is 6.82. The summed E-state index contributed by atoms with van der Waals surface area (Å²) in [6.07, 6.45) is 2.87. The van der Waals surface area contributed by atoms with Crippen molar-refractivity contribution in [2.75, 3.05) is 19.6 Å². The molecule has 1 aliphatic carbocycles. The summed E-state index contributed by atoms with van der Waals surface area (Å²) in [4.78, 5) is 46.8. The molecule has 160 valence electrons. The first-order valence-electron chi connectivity index (χ1n) is 9.54. The zero-order valence-corrected chi connectivity index (χ0v) is 18.2. The van der Waals surface area contributed by atoms with Crippen molar-refractivity contribution in [1.82, 2.24) is 19.4 Å². The molecule has 0 radical (unpaired) electrons. The Morgan fingerprint density at radius 2 is 2.03 bits per heavy atom. The lowest BCUT2D eigenvalue weighted by Crippen LogP contribution is -2.36. The standard InChI is InChI=1S/C19H25N5O3.2ClH/c1-3-24-15-14(16(25)22-18(24)27)12(8-13(21-15)11-4-5-11)17(26)23-7-6-19(2,9-20)10-23;;/h8,11H,3-7,9-10,20H2,1-2H3,(H,22,25,27);2*1H. The number of carbonyl (C=O) groups is 1. The van der Waals surface area contributed by atoms with Gasteiger partial charge in [-0.2, -0.15) is 0 Å². The van der Waals surface area contributed by atoms with Crippen LogP contribution in [-0.2, 0) is 6.54 Å². The Balaban J connectivity index is 0.00000150. The van der Waals surface area contributed by atoms with E-state index in [-0.39, 0.29) is 41.5 Å². The Morgan fingerprint density at radius 1 is 1.34 bits per heavy atom. The third-order valence-electron chi connectivity index (χ3n) is 5.85. The van der Waals surface area contributed by atoms with Crippen molar-refractivity contribution in [2.45, 2.75) is 45.6 Å². The van der Waals surface area contributed by atoms with Gasteiger partial charge in [0, 0.05) is 31.2 Å². The summed E-state index contributed by atoms with van der Waals surface area (Å²) in [7, 11) is 0. The summed E-state index contributed by atoms with van der Waals surface area (Å²) in [6, 6.07) is 1.75. The minimum Gasteiger partial charge on any atom is -0.338 e. The summed E-state index contributed by atoms with van der Waals surface area (Å²) in [5, 5.41) is 0.201. The Hall–Kier alpha value is -1.90. The molecule has 8 nitrogen and oxygen atoms in total. The van der Waals surface area contributed by atoms with E-state index in [1.165, 1.54) is 4.57 Å². The molecular formula is C19H27Cl2N5O3. The van der Waals surface area contributed by atoms with E-state index in [0.29, 0.717) is 43.3 Å². The minimum atomic E-state index is -0.557. The van der Waals surface area contributed by atoms with Crippen LogP contribution in [0, 0.1) is 5.41 Å². The fraction of sp³-hybridized carbons (Fsp3) is 0.579. The number of H-pyrrole nitrogens is 1. The fourth-order valence-electron chi connectivity index (χ4n) is 3.88. The molecular weight excluding hydrogens is 417 g/mol. The van der Waals surface area contributed by atoms with Gasteiger partial charge in [-0.25, -0.2) is 9.78 Å². The molecule has 10 heteroatoms. The second kappa shape index (κ2) is 8.45. The molecule has 2 aromatic rings. The van der Waals surface area contributed by atoms with Crippen molar-refractivity contribution in [3.05, 3.63) is 38.2 Å². The maximum atomic E-state index is 13.3. The summed E-state index contributed by atoms with van der Waals surface area (Å²) < 4.78 is 1.42. The molecule has 1 aliphatic heterocycles. The van der Waals surface area contributed by atoms with Crippen molar-refractivity contribution in [2.24, 2.45) is 11.1 Å². The van der Waals surface area contributed by atoms with Gasteiger partial charge in [-0.3, -0.25) is 19.1 Å². The van der Waals surface area contributed by atoms with Crippen molar-refractivity contribution < 1.29 is 4.79 Å². The van der Waals surface area contributed by atoms with E-state index >= 15 is 0 Å². The fourth-order valence-corrected chi connectivity index (χ4v) is 3.88. The van der Waals surface area contributed by atoms with Gasteiger partial charge >= 0.3 is 5.69 Å². The van der Waals surface area contributed by atoms with Gasteiger partial charge in [0.1, 0.15) is 0 Å². The van der Waals surface area contributed by atoms with Gasteiger partial charge in [0.15, 0.2) is 5.65 Å². The number of fused-ring (bicyclic) bond motifs is 1. The average Bonchev–Trinajstić information content (AvgIpc) is 3.42. The lowest BCUT2D eigenvalue weighted by atomic mass is 9.90. The molecule has 1 saturated carbocycles. The number of rotatable bonds is 4. The highest BCUT2D eigenvalue weighted by Crippen LogP contribution is 2.40. The molecule has 2 fully saturated rings. The summed E-state index contributed by atoms with van der Waals surface area (Å²) in [5.74, 6) is 0.113. The van der Waals surface area contributed by atoms with Crippen LogP contribution in [0.1, 0.15) is 55.1 Å². The molecule has 3 N–H and O–H groups in total. The number of pyridine rings is 1. The maximum absolute atomic E-state index is 13.3. The molecule has 1 unspecified atom stereocenters. The van der Waals surface area contributed by atoms with E-state index in [0.717, 1.165) is 25.0 Å². The number of nitrogens with zero attached hydrogens (tertiary/aromatic N) is 3. The number of aryl methyl sites for hydroxylation is 1. The van der Waals surface area contributed by atoms with E-state index in [2.05, 4.69) is 16.9 Å². The molecule has 1 atom stereocenters. The van der Waals surface area contributed by atoms with Crippen molar-refractivity contribution in [1.29, 1.82) is 0 Å². The third-order valence-corrected chi connectivity index (χ3v) is 5.85. The first kappa shape index (κ1) is 23.4. The van der Waals surface area contributed by atoms with Crippen LogP contribution < -0.4 is 17.0 Å². The van der Waals surface area contributed by atoms with Crippen LogP contribution >= 0.6 is 24.8 Å². The van der Waals surface area contributed by atoms with Crippen LogP contribution in [0.5, 0.6) is 0 Å². The number of halogens is 2. The van der Waals surface area contributed by atoms with Crippen LogP contribution in [0.2, 0.25) is 0 Å². The van der Waals surface area contributed by atoms with Crippen LogP contribution in [0.25, 0.3) is 11.0 Å². The lowest BCUT2D eigenvalue weighted by Gasteiger charge is -2.23. The van der Waals surface area contributed by atoms with E-state index < -0.39 is 11.2 Å². The number of nitrogens with two attached hydrogens (primary N) is 1. The van der Waals surface area contributed by atoms with Gasteiger partial charge in [0.2, 0.25) is 0 Å². The van der Waals surface area contributed by atoms with Crippen LogP contribution in [0.3, 0.4) is 0 Å². The predicted octanol–water partition coefficient (Wildman–Crippen LogP) is 1.64.